The quantitative estimate of drug-likeness (QED) is 0.281. The average molecular weight is 494 g/mol. The third kappa shape index (κ3) is 6.15. The predicted molar refractivity (Wildman–Crippen MR) is 137 cm³/mol. The minimum absolute atomic E-state index is 0.0874. The minimum atomic E-state index is -1.22. The Bertz CT molecular complexity index is 1120. The Hall–Kier alpha value is -3.16. The van der Waals surface area contributed by atoms with Crippen LogP contribution in [-0.4, -0.2) is 52.9 Å². The van der Waals surface area contributed by atoms with Gasteiger partial charge in [-0.2, -0.15) is 0 Å². The first-order valence-corrected chi connectivity index (χ1v) is 12.8. The molecular formula is C29H37N2O5+. The molecule has 0 spiro atoms. The lowest BCUT2D eigenvalue weighted by molar-refractivity contribution is -0.904. The molecule has 1 aliphatic rings. The second kappa shape index (κ2) is 11.3. The van der Waals surface area contributed by atoms with E-state index >= 15 is 0 Å². The second-order valence-corrected chi connectivity index (χ2v) is 10.4. The number of oxazole rings is 1. The molecular weight excluding hydrogens is 456 g/mol. The van der Waals surface area contributed by atoms with Gasteiger partial charge in [-0.3, -0.25) is 0 Å². The zero-order valence-electron chi connectivity index (χ0n) is 21.2. The Labute approximate surface area is 212 Å². The smallest absolute Gasteiger partial charge is 0.335 e. The first-order chi connectivity index (χ1) is 17.3. The zero-order valence-corrected chi connectivity index (χ0v) is 21.2. The number of hydrogen-bond acceptors (Lipinski definition) is 5. The number of quaternary nitrogens is 1. The molecule has 2 N–H and O–H groups in total. The van der Waals surface area contributed by atoms with Crippen LogP contribution in [0.3, 0.4) is 0 Å². The predicted octanol–water partition coefficient (Wildman–Crippen LogP) is 5.23. The van der Waals surface area contributed by atoms with Gasteiger partial charge in [0.2, 0.25) is 5.89 Å². The van der Waals surface area contributed by atoms with E-state index in [0.717, 1.165) is 50.0 Å². The number of hydrogen-bond donors (Lipinski definition) is 2. The maximum absolute atomic E-state index is 12.0. The molecule has 1 saturated carbocycles. The van der Waals surface area contributed by atoms with Crippen molar-refractivity contribution in [3.63, 3.8) is 0 Å². The van der Waals surface area contributed by atoms with Crippen molar-refractivity contribution in [2.45, 2.75) is 50.7 Å². The molecule has 2 aromatic carbocycles. The number of rotatable bonds is 11. The van der Waals surface area contributed by atoms with E-state index in [9.17, 15) is 9.90 Å². The van der Waals surface area contributed by atoms with Gasteiger partial charge < -0.3 is 23.9 Å². The summed E-state index contributed by atoms with van der Waals surface area (Å²) in [5.74, 6) is 0.948. The molecule has 1 atom stereocenters. The monoisotopic (exact) mass is 493 g/mol. The van der Waals surface area contributed by atoms with E-state index in [0.29, 0.717) is 29.3 Å². The van der Waals surface area contributed by atoms with Crippen LogP contribution in [0.25, 0.3) is 0 Å². The van der Waals surface area contributed by atoms with Gasteiger partial charge in [0.15, 0.2) is 11.4 Å². The van der Waals surface area contributed by atoms with Crippen molar-refractivity contribution in [1.82, 2.24) is 4.98 Å². The van der Waals surface area contributed by atoms with Gasteiger partial charge in [-0.05, 0) is 42.7 Å². The number of nitrogens with zero attached hydrogens (tertiary/aromatic N) is 2. The number of carboxylic acids is 1. The van der Waals surface area contributed by atoms with E-state index < -0.39 is 11.6 Å². The number of benzene rings is 2. The van der Waals surface area contributed by atoms with Crippen molar-refractivity contribution in [1.29, 1.82) is 0 Å². The van der Waals surface area contributed by atoms with Crippen LogP contribution in [0.5, 0.6) is 5.75 Å². The summed E-state index contributed by atoms with van der Waals surface area (Å²) in [6, 6.07) is 16.2. The van der Waals surface area contributed by atoms with Crippen LogP contribution in [0.1, 0.15) is 66.1 Å². The lowest BCUT2D eigenvalue weighted by Gasteiger charge is -2.36. The van der Waals surface area contributed by atoms with Gasteiger partial charge in [0.1, 0.15) is 12.3 Å². The maximum Gasteiger partial charge on any atom is 0.335 e. The molecule has 1 heterocycles. The molecule has 36 heavy (non-hydrogen) atoms. The van der Waals surface area contributed by atoms with Crippen LogP contribution < -0.4 is 4.74 Å². The minimum Gasteiger partial charge on any atom is -0.493 e. The largest absolute Gasteiger partial charge is 0.493 e. The van der Waals surface area contributed by atoms with Crippen molar-refractivity contribution < 1.29 is 28.6 Å². The standard InChI is InChI=1S/C29H36N2O5/c1-31(2,18-9-19-35-25-16-14-22(15-17-25)27(32)33)21-26-20-30-28(36-26)29(34,23-10-5-3-6-11-23)24-12-7-4-8-13-24/h3,5-6,10-11,14-17,20,24,34H,4,7-9,12-13,18-19,21H2,1-2H3/p+1/t29-/m0/s1. The van der Waals surface area contributed by atoms with E-state index in [1.807, 2.05) is 30.3 Å². The fraction of sp³-hybridized carbons (Fsp3) is 0.448. The Balaban J connectivity index is 1.37. The number of aromatic carboxylic acids is 1. The van der Waals surface area contributed by atoms with Gasteiger partial charge in [0.25, 0.3) is 0 Å². The van der Waals surface area contributed by atoms with Gasteiger partial charge in [-0.1, -0.05) is 49.6 Å². The summed E-state index contributed by atoms with van der Waals surface area (Å²) in [4.78, 5) is 15.6. The fourth-order valence-electron chi connectivity index (χ4n) is 5.18. The number of aliphatic hydroxyl groups is 1. The summed E-state index contributed by atoms with van der Waals surface area (Å²) < 4.78 is 12.7. The molecule has 0 amide bonds. The van der Waals surface area contributed by atoms with E-state index in [1.165, 1.54) is 6.42 Å². The van der Waals surface area contributed by atoms with Crippen LogP contribution in [0, 0.1) is 5.92 Å². The zero-order chi connectivity index (χ0) is 25.6. The molecule has 0 radical (unpaired) electrons. The summed E-state index contributed by atoms with van der Waals surface area (Å²) in [7, 11) is 4.27. The van der Waals surface area contributed by atoms with Crippen LogP contribution in [0.4, 0.5) is 0 Å². The number of carbonyl (C=O) groups is 1. The van der Waals surface area contributed by atoms with Crippen molar-refractivity contribution in [3.8, 4) is 5.75 Å². The van der Waals surface area contributed by atoms with Crippen molar-refractivity contribution >= 4 is 5.97 Å². The first-order valence-electron chi connectivity index (χ1n) is 12.8. The lowest BCUT2D eigenvalue weighted by Crippen LogP contribution is -2.40. The molecule has 0 bridgehead atoms. The normalized spacial score (nSPS) is 16.4. The summed E-state index contributed by atoms with van der Waals surface area (Å²) >= 11 is 0. The molecule has 1 aliphatic carbocycles. The number of carboxylic acid groups (broad SMARTS) is 1. The van der Waals surface area contributed by atoms with Crippen molar-refractivity contribution in [3.05, 3.63) is 83.6 Å². The van der Waals surface area contributed by atoms with Crippen LogP contribution in [0.2, 0.25) is 0 Å². The highest BCUT2D eigenvalue weighted by atomic mass is 16.5. The molecule has 0 aliphatic heterocycles. The lowest BCUT2D eigenvalue weighted by atomic mass is 9.73. The molecule has 1 fully saturated rings. The van der Waals surface area contributed by atoms with Gasteiger partial charge >= 0.3 is 5.97 Å². The first kappa shape index (κ1) is 25.9. The highest BCUT2D eigenvalue weighted by molar-refractivity contribution is 5.87. The highest BCUT2D eigenvalue weighted by Crippen LogP contribution is 2.43. The summed E-state index contributed by atoms with van der Waals surface area (Å²) in [6.07, 6.45) is 7.94. The topological polar surface area (TPSA) is 92.8 Å². The Kier molecular flexibility index (Phi) is 8.11. The molecule has 4 rings (SSSR count). The van der Waals surface area contributed by atoms with E-state index in [-0.39, 0.29) is 11.5 Å². The third-order valence-corrected chi connectivity index (χ3v) is 7.15. The number of ether oxygens (including phenoxy) is 1. The molecule has 0 saturated heterocycles. The van der Waals surface area contributed by atoms with Crippen molar-refractivity contribution in [2.75, 3.05) is 27.2 Å². The molecule has 1 aromatic heterocycles. The fourth-order valence-corrected chi connectivity index (χ4v) is 5.18. The summed E-state index contributed by atoms with van der Waals surface area (Å²) in [5, 5.41) is 21.0. The summed E-state index contributed by atoms with van der Waals surface area (Å²) in [5.41, 5.74) is -0.136. The Morgan fingerprint density at radius 3 is 2.44 bits per heavy atom. The van der Waals surface area contributed by atoms with E-state index in [1.54, 1.807) is 30.5 Å². The Morgan fingerprint density at radius 1 is 1.08 bits per heavy atom. The van der Waals surface area contributed by atoms with Gasteiger partial charge in [0, 0.05) is 12.3 Å². The maximum atomic E-state index is 12.0. The van der Waals surface area contributed by atoms with Gasteiger partial charge in [0.05, 0.1) is 39.0 Å². The molecule has 192 valence electrons. The number of aromatic nitrogens is 1. The SMILES string of the molecule is C[N+](C)(CCCOc1ccc(C(=O)O)cc1)Cc1cnc([C@](O)(c2ccccc2)C2CCCCC2)o1. The van der Waals surface area contributed by atoms with Crippen LogP contribution in [0.15, 0.2) is 65.2 Å². The van der Waals surface area contributed by atoms with E-state index in [2.05, 4.69) is 19.1 Å². The van der Waals surface area contributed by atoms with Gasteiger partial charge in [-0.15, -0.1) is 0 Å². The van der Waals surface area contributed by atoms with Crippen LogP contribution in [-0.2, 0) is 12.1 Å². The van der Waals surface area contributed by atoms with Crippen molar-refractivity contribution in [2.24, 2.45) is 5.92 Å². The summed E-state index contributed by atoms with van der Waals surface area (Å²) in [6.45, 7) is 2.04. The molecule has 7 nitrogen and oxygen atoms in total. The second-order valence-electron chi connectivity index (χ2n) is 10.4. The highest BCUT2D eigenvalue weighted by Gasteiger charge is 2.44. The average Bonchev–Trinajstić information content (AvgIpc) is 3.35. The third-order valence-electron chi connectivity index (χ3n) is 7.15. The van der Waals surface area contributed by atoms with Crippen LogP contribution >= 0.6 is 0 Å². The van der Waals surface area contributed by atoms with Gasteiger partial charge in [-0.25, -0.2) is 9.78 Å². The van der Waals surface area contributed by atoms with E-state index in [4.69, 9.17) is 14.3 Å². The molecule has 7 heteroatoms. The molecule has 0 unspecified atom stereocenters. The Morgan fingerprint density at radius 2 is 1.78 bits per heavy atom. The molecule has 3 aromatic rings.